The molecule has 0 radical (unpaired) electrons. The maximum Gasteiger partial charge on any atom is 0.222 e. The fourth-order valence-electron chi connectivity index (χ4n) is 3.71. The Morgan fingerprint density at radius 1 is 1.16 bits per heavy atom. The smallest absolute Gasteiger partial charge is 0.222 e. The summed E-state index contributed by atoms with van der Waals surface area (Å²) in [7, 11) is 2.02. The van der Waals surface area contributed by atoms with Crippen LogP contribution in [0.4, 0.5) is 0 Å². The van der Waals surface area contributed by atoms with Gasteiger partial charge in [-0.2, -0.15) is 0 Å². The van der Waals surface area contributed by atoms with E-state index in [9.17, 15) is 4.79 Å². The fraction of sp³-hybridized carbons (Fsp3) is 0.938. The molecule has 0 bridgehead atoms. The summed E-state index contributed by atoms with van der Waals surface area (Å²) in [5.74, 6) is 2.75. The van der Waals surface area contributed by atoms with Crippen molar-refractivity contribution < 1.29 is 4.79 Å². The van der Waals surface area contributed by atoms with Gasteiger partial charge in [0.15, 0.2) is 0 Å². The Hall–Kier alpha value is -0.570. The minimum Gasteiger partial charge on any atom is -0.343 e. The number of amides is 1. The number of carbonyl (C=O) groups excluding carboxylic acids is 1. The molecule has 3 nitrogen and oxygen atoms in total. The van der Waals surface area contributed by atoms with Gasteiger partial charge in [0.05, 0.1) is 0 Å². The number of hydrogen-bond donors (Lipinski definition) is 1. The van der Waals surface area contributed by atoms with Crippen LogP contribution in [0.15, 0.2) is 0 Å². The Balaban J connectivity index is 1.67. The lowest BCUT2D eigenvalue weighted by atomic mass is 9.92. The predicted molar refractivity (Wildman–Crippen MR) is 79.0 cm³/mol. The lowest BCUT2D eigenvalue weighted by Crippen LogP contribution is -2.39. The third-order valence-corrected chi connectivity index (χ3v) is 5.04. The van der Waals surface area contributed by atoms with Gasteiger partial charge >= 0.3 is 0 Å². The van der Waals surface area contributed by atoms with E-state index in [1.807, 2.05) is 7.05 Å². The third kappa shape index (κ3) is 4.48. The maximum absolute atomic E-state index is 12.3. The first-order valence-corrected chi connectivity index (χ1v) is 8.11. The highest BCUT2D eigenvalue weighted by molar-refractivity contribution is 5.76. The lowest BCUT2D eigenvalue weighted by molar-refractivity contribution is -0.133. The summed E-state index contributed by atoms with van der Waals surface area (Å²) in [6.45, 7) is 5.42. The van der Waals surface area contributed by atoms with Crippen LogP contribution in [0.1, 0.15) is 51.9 Å². The Morgan fingerprint density at radius 2 is 1.89 bits per heavy atom. The molecule has 1 aliphatic carbocycles. The summed E-state index contributed by atoms with van der Waals surface area (Å²) >= 11 is 0. The van der Waals surface area contributed by atoms with Gasteiger partial charge in [0.1, 0.15) is 0 Å². The molecule has 2 fully saturated rings. The predicted octanol–water partition coefficient (Wildman–Crippen LogP) is 2.66. The molecule has 1 N–H and O–H groups in total. The zero-order chi connectivity index (χ0) is 13.7. The minimum atomic E-state index is 0.422. The SMILES string of the molecule is CNCCC1CCN(C(=O)CC2CCC(C)C2)CC1. The molecule has 0 spiro atoms. The van der Waals surface area contributed by atoms with Crippen LogP contribution in [0.3, 0.4) is 0 Å². The fourth-order valence-corrected chi connectivity index (χ4v) is 3.71. The van der Waals surface area contributed by atoms with Crippen molar-refractivity contribution in [2.45, 2.75) is 51.9 Å². The van der Waals surface area contributed by atoms with Gasteiger partial charge in [0, 0.05) is 19.5 Å². The average Bonchev–Trinajstić information content (AvgIpc) is 2.82. The number of piperidine rings is 1. The molecule has 2 atom stereocenters. The molecule has 19 heavy (non-hydrogen) atoms. The van der Waals surface area contributed by atoms with E-state index in [4.69, 9.17) is 0 Å². The molecule has 1 heterocycles. The molecule has 0 aromatic rings. The molecular formula is C16H30N2O. The van der Waals surface area contributed by atoms with E-state index >= 15 is 0 Å². The Bertz CT molecular complexity index is 284. The van der Waals surface area contributed by atoms with E-state index in [1.165, 1.54) is 38.5 Å². The van der Waals surface area contributed by atoms with Crippen molar-refractivity contribution >= 4 is 5.91 Å². The van der Waals surface area contributed by atoms with Crippen LogP contribution in [0.2, 0.25) is 0 Å². The van der Waals surface area contributed by atoms with Crippen LogP contribution >= 0.6 is 0 Å². The van der Waals surface area contributed by atoms with Crippen molar-refractivity contribution in [3.8, 4) is 0 Å². The van der Waals surface area contributed by atoms with Crippen LogP contribution < -0.4 is 5.32 Å². The largest absolute Gasteiger partial charge is 0.343 e. The van der Waals surface area contributed by atoms with E-state index in [0.29, 0.717) is 11.8 Å². The summed E-state index contributed by atoms with van der Waals surface area (Å²) in [5, 5.41) is 3.22. The second-order valence-electron chi connectivity index (χ2n) is 6.70. The van der Waals surface area contributed by atoms with Crippen molar-refractivity contribution in [3.05, 3.63) is 0 Å². The summed E-state index contributed by atoms with van der Waals surface area (Å²) in [5.41, 5.74) is 0. The maximum atomic E-state index is 12.3. The molecule has 3 heteroatoms. The van der Waals surface area contributed by atoms with Gasteiger partial charge in [0.2, 0.25) is 5.91 Å². The highest BCUT2D eigenvalue weighted by Gasteiger charge is 2.27. The Labute approximate surface area is 118 Å². The van der Waals surface area contributed by atoms with Crippen LogP contribution in [-0.4, -0.2) is 37.5 Å². The van der Waals surface area contributed by atoms with E-state index in [1.54, 1.807) is 0 Å². The Morgan fingerprint density at radius 3 is 2.47 bits per heavy atom. The van der Waals surface area contributed by atoms with Crippen molar-refractivity contribution in [1.29, 1.82) is 0 Å². The second kappa shape index (κ2) is 7.28. The van der Waals surface area contributed by atoms with E-state index < -0.39 is 0 Å². The van der Waals surface area contributed by atoms with Crippen LogP contribution in [0.5, 0.6) is 0 Å². The van der Waals surface area contributed by atoms with Gasteiger partial charge < -0.3 is 10.2 Å². The van der Waals surface area contributed by atoms with Gasteiger partial charge in [-0.1, -0.05) is 13.3 Å². The number of nitrogens with one attached hydrogen (secondary N) is 1. The molecule has 1 saturated carbocycles. The number of likely N-dealkylation sites (tertiary alicyclic amines) is 1. The standard InChI is InChI=1S/C16H30N2O/c1-13-3-4-15(11-13)12-16(19)18-9-6-14(7-10-18)5-8-17-2/h13-15,17H,3-12H2,1-2H3. The summed E-state index contributed by atoms with van der Waals surface area (Å²) in [6.07, 6.45) is 8.34. The average molecular weight is 266 g/mol. The number of nitrogens with zero attached hydrogens (tertiary/aromatic N) is 1. The monoisotopic (exact) mass is 266 g/mol. The third-order valence-electron chi connectivity index (χ3n) is 5.04. The van der Waals surface area contributed by atoms with Crippen molar-refractivity contribution in [1.82, 2.24) is 10.2 Å². The molecule has 2 rings (SSSR count). The molecule has 0 aromatic heterocycles. The number of hydrogen-bond acceptors (Lipinski definition) is 2. The number of carbonyl (C=O) groups is 1. The van der Waals surface area contributed by atoms with Gasteiger partial charge in [-0.3, -0.25) is 4.79 Å². The normalized spacial score (nSPS) is 28.8. The molecule has 1 saturated heterocycles. The first kappa shape index (κ1) is 14.8. The molecule has 0 aromatic carbocycles. The Kier molecular flexibility index (Phi) is 5.68. The molecule has 2 aliphatic rings. The van der Waals surface area contributed by atoms with Crippen molar-refractivity contribution in [3.63, 3.8) is 0 Å². The molecule has 1 amide bonds. The zero-order valence-corrected chi connectivity index (χ0v) is 12.7. The van der Waals surface area contributed by atoms with E-state index in [-0.39, 0.29) is 0 Å². The molecule has 110 valence electrons. The van der Waals surface area contributed by atoms with Gasteiger partial charge in [-0.25, -0.2) is 0 Å². The van der Waals surface area contributed by atoms with Gasteiger partial charge in [-0.05, 0) is 63.5 Å². The highest BCUT2D eigenvalue weighted by Crippen LogP contribution is 2.33. The second-order valence-corrected chi connectivity index (χ2v) is 6.70. The van der Waals surface area contributed by atoms with E-state index in [0.717, 1.165) is 37.9 Å². The quantitative estimate of drug-likeness (QED) is 0.829. The number of rotatable bonds is 5. The van der Waals surface area contributed by atoms with Crippen LogP contribution in [0.25, 0.3) is 0 Å². The molecule has 1 aliphatic heterocycles. The first-order chi connectivity index (χ1) is 9.19. The zero-order valence-electron chi connectivity index (χ0n) is 12.7. The summed E-state index contributed by atoms with van der Waals surface area (Å²) < 4.78 is 0. The van der Waals surface area contributed by atoms with Crippen LogP contribution in [0, 0.1) is 17.8 Å². The summed E-state index contributed by atoms with van der Waals surface area (Å²) in [6, 6.07) is 0. The topological polar surface area (TPSA) is 32.3 Å². The molecular weight excluding hydrogens is 236 g/mol. The first-order valence-electron chi connectivity index (χ1n) is 8.11. The van der Waals surface area contributed by atoms with E-state index in [2.05, 4.69) is 17.1 Å². The van der Waals surface area contributed by atoms with Gasteiger partial charge in [-0.15, -0.1) is 0 Å². The highest BCUT2D eigenvalue weighted by atomic mass is 16.2. The van der Waals surface area contributed by atoms with Crippen LogP contribution in [-0.2, 0) is 4.79 Å². The van der Waals surface area contributed by atoms with Gasteiger partial charge in [0.25, 0.3) is 0 Å². The minimum absolute atomic E-state index is 0.422. The van der Waals surface area contributed by atoms with Crippen molar-refractivity contribution in [2.24, 2.45) is 17.8 Å². The van der Waals surface area contributed by atoms with Crippen molar-refractivity contribution in [2.75, 3.05) is 26.7 Å². The summed E-state index contributed by atoms with van der Waals surface area (Å²) in [4.78, 5) is 14.4. The molecule has 2 unspecified atom stereocenters. The lowest BCUT2D eigenvalue weighted by Gasteiger charge is -2.32.